The highest BCUT2D eigenvalue weighted by Gasteiger charge is 2.18. The molecule has 5 nitrogen and oxygen atoms in total. The summed E-state index contributed by atoms with van der Waals surface area (Å²) < 4.78 is 27.0. The first-order valence-corrected chi connectivity index (χ1v) is 7.92. The quantitative estimate of drug-likeness (QED) is 0.867. The average Bonchev–Trinajstić information content (AvgIpc) is 2.43. The number of rotatable bonds is 3. The molecule has 0 aliphatic rings. The van der Waals surface area contributed by atoms with Gasteiger partial charge in [0.05, 0.1) is 21.2 Å². The molecular formula is C13H9Cl2N3O2S. The van der Waals surface area contributed by atoms with Gasteiger partial charge in [-0.1, -0.05) is 23.2 Å². The van der Waals surface area contributed by atoms with E-state index in [1.165, 1.54) is 24.4 Å². The monoisotopic (exact) mass is 341 g/mol. The second-order valence-electron chi connectivity index (χ2n) is 4.15. The maximum atomic E-state index is 12.3. The van der Waals surface area contributed by atoms with Crippen LogP contribution < -0.4 is 4.72 Å². The molecule has 0 atom stereocenters. The molecular weight excluding hydrogens is 333 g/mol. The predicted molar refractivity (Wildman–Crippen MR) is 81.0 cm³/mol. The Hall–Kier alpha value is -1.81. The molecule has 0 aliphatic carbocycles. The number of nitrogens with one attached hydrogen (secondary N) is 1. The van der Waals surface area contributed by atoms with Crippen molar-refractivity contribution in [2.45, 2.75) is 11.8 Å². The standard InChI is InChI=1S/C13H9Cl2N3O2S/c1-8-4-5-17-13(15)12(8)18-21(19,20)10-3-2-9(7-16)11(14)6-10/h2-6,18H,1H3. The highest BCUT2D eigenvalue weighted by molar-refractivity contribution is 7.92. The van der Waals surface area contributed by atoms with Crippen LogP contribution in [0.5, 0.6) is 0 Å². The second-order valence-corrected chi connectivity index (χ2v) is 6.60. The Morgan fingerprint density at radius 1 is 1.29 bits per heavy atom. The molecule has 0 fully saturated rings. The summed E-state index contributed by atoms with van der Waals surface area (Å²) in [5, 5.41) is 8.91. The van der Waals surface area contributed by atoms with Gasteiger partial charge in [0.1, 0.15) is 6.07 Å². The Kier molecular flexibility index (Phi) is 4.37. The van der Waals surface area contributed by atoms with Crippen LogP contribution in [0.3, 0.4) is 0 Å². The number of anilines is 1. The van der Waals surface area contributed by atoms with Crippen molar-refractivity contribution < 1.29 is 8.42 Å². The fourth-order valence-corrected chi connectivity index (χ4v) is 3.36. The van der Waals surface area contributed by atoms with Crippen LogP contribution in [0.1, 0.15) is 11.1 Å². The minimum Gasteiger partial charge on any atom is -0.276 e. The van der Waals surface area contributed by atoms with E-state index in [9.17, 15) is 8.42 Å². The number of aryl methyl sites for hydroxylation is 1. The molecule has 0 unspecified atom stereocenters. The fourth-order valence-electron chi connectivity index (χ4n) is 1.59. The number of pyridine rings is 1. The van der Waals surface area contributed by atoms with Crippen LogP contribution in [0, 0.1) is 18.3 Å². The van der Waals surface area contributed by atoms with Crippen molar-refractivity contribution in [2.75, 3.05) is 4.72 Å². The van der Waals surface area contributed by atoms with E-state index in [0.29, 0.717) is 5.56 Å². The van der Waals surface area contributed by atoms with Crippen molar-refractivity contribution >= 4 is 38.9 Å². The first kappa shape index (κ1) is 15.6. The van der Waals surface area contributed by atoms with Crippen LogP contribution in [0.25, 0.3) is 0 Å². The number of benzene rings is 1. The summed E-state index contributed by atoms with van der Waals surface area (Å²) >= 11 is 11.7. The highest BCUT2D eigenvalue weighted by atomic mass is 35.5. The molecule has 1 N–H and O–H groups in total. The number of nitrogens with zero attached hydrogens (tertiary/aromatic N) is 2. The Labute approximate surface area is 132 Å². The molecule has 1 aromatic heterocycles. The summed E-state index contributed by atoms with van der Waals surface area (Å²) in [7, 11) is -3.87. The Bertz CT molecular complexity index is 825. The van der Waals surface area contributed by atoms with Gasteiger partial charge in [0.25, 0.3) is 10.0 Å². The molecule has 8 heteroatoms. The fraction of sp³-hybridized carbons (Fsp3) is 0.0769. The molecule has 2 aromatic rings. The van der Waals surface area contributed by atoms with Gasteiger partial charge in [-0.3, -0.25) is 4.72 Å². The molecule has 0 bridgehead atoms. The van der Waals surface area contributed by atoms with Gasteiger partial charge in [0.2, 0.25) is 0 Å². The van der Waals surface area contributed by atoms with Crippen LogP contribution in [0.4, 0.5) is 5.69 Å². The molecule has 0 saturated heterocycles. The van der Waals surface area contributed by atoms with E-state index in [0.717, 1.165) is 0 Å². The van der Waals surface area contributed by atoms with Crippen LogP contribution in [-0.2, 0) is 10.0 Å². The molecule has 1 aromatic carbocycles. The summed E-state index contributed by atoms with van der Waals surface area (Å²) in [5.74, 6) is 0. The van der Waals surface area contributed by atoms with Crippen LogP contribution in [0.2, 0.25) is 10.2 Å². The lowest BCUT2D eigenvalue weighted by atomic mass is 10.2. The Morgan fingerprint density at radius 3 is 2.57 bits per heavy atom. The van der Waals surface area contributed by atoms with Gasteiger partial charge in [-0.2, -0.15) is 5.26 Å². The van der Waals surface area contributed by atoms with E-state index in [2.05, 4.69) is 9.71 Å². The summed E-state index contributed by atoms with van der Waals surface area (Å²) in [5.41, 5.74) is 1.05. The highest BCUT2D eigenvalue weighted by Crippen LogP contribution is 2.27. The molecule has 21 heavy (non-hydrogen) atoms. The number of hydrogen-bond acceptors (Lipinski definition) is 4. The van der Waals surface area contributed by atoms with Crippen molar-refractivity contribution in [1.82, 2.24) is 4.98 Å². The number of hydrogen-bond donors (Lipinski definition) is 1. The topological polar surface area (TPSA) is 82.8 Å². The van der Waals surface area contributed by atoms with Crippen molar-refractivity contribution in [2.24, 2.45) is 0 Å². The summed E-state index contributed by atoms with van der Waals surface area (Å²) in [4.78, 5) is 3.77. The first-order chi connectivity index (χ1) is 9.85. The van der Waals surface area contributed by atoms with Crippen LogP contribution >= 0.6 is 23.2 Å². The first-order valence-electron chi connectivity index (χ1n) is 5.69. The van der Waals surface area contributed by atoms with Crippen LogP contribution in [-0.4, -0.2) is 13.4 Å². The van der Waals surface area contributed by atoms with Gasteiger partial charge >= 0.3 is 0 Å². The molecule has 0 amide bonds. The lowest BCUT2D eigenvalue weighted by Crippen LogP contribution is -2.14. The van der Waals surface area contributed by atoms with Gasteiger partial charge in [-0.05, 0) is 36.8 Å². The molecule has 2 rings (SSSR count). The van der Waals surface area contributed by atoms with Crippen molar-refractivity contribution in [3.05, 3.63) is 51.8 Å². The van der Waals surface area contributed by atoms with Gasteiger partial charge in [0, 0.05) is 6.20 Å². The average molecular weight is 342 g/mol. The van der Waals surface area contributed by atoms with E-state index in [1.54, 1.807) is 13.0 Å². The van der Waals surface area contributed by atoms with Crippen molar-refractivity contribution in [3.8, 4) is 6.07 Å². The van der Waals surface area contributed by atoms with E-state index in [1.807, 2.05) is 6.07 Å². The number of aromatic nitrogens is 1. The predicted octanol–water partition coefficient (Wildman–Crippen LogP) is 3.37. The molecule has 1 heterocycles. The lowest BCUT2D eigenvalue weighted by Gasteiger charge is -2.11. The number of halogens is 2. The zero-order chi connectivity index (χ0) is 15.6. The Balaban J connectivity index is 2.44. The zero-order valence-electron chi connectivity index (χ0n) is 10.8. The maximum absolute atomic E-state index is 12.3. The van der Waals surface area contributed by atoms with Gasteiger partial charge in [0.15, 0.2) is 5.15 Å². The SMILES string of the molecule is Cc1ccnc(Cl)c1NS(=O)(=O)c1ccc(C#N)c(Cl)c1. The number of nitriles is 1. The smallest absolute Gasteiger partial charge is 0.262 e. The van der Waals surface area contributed by atoms with E-state index in [-0.39, 0.29) is 26.3 Å². The third-order valence-electron chi connectivity index (χ3n) is 2.72. The second kappa shape index (κ2) is 5.90. The van der Waals surface area contributed by atoms with Gasteiger partial charge < -0.3 is 0 Å². The molecule has 0 aliphatic heterocycles. The third-order valence-corrected chi connectivity index (χ3v) is 4.67. The van der Waals surface area contributed by atoms with E-state index < -0.39 is 10.0 Å². The summed E-state index contributed by atoms with van der Waals surface area (Å²) in [6.07, 6.45) is 1.48. The molecule has 108 valence electrons. The largest absolute Gasteiger partial charge is 0.276 e. The van der Waals surface area contributed by atoms with E-state index >= 15 is 0 Å². The summed E-state index contributed by atoms with van der Waals surface area (Å²) in [6.45, 7) is 1.71. The minimum absolute atomic E-state index is 0.0540. The maximum Gasteiger partial charge on any atom is 0.262 e. The van der Waals surface area contributed by atoms with E-state index in [4.69, 9.17) is 28.5 Å². The molecule has 0 spiro atoms. The third kappa shape index (κ3) is 3.27. The van der Waals surface area contributed by atoms with Gasteiger partial charge in [-0.25, -0.2) is 13.4 Å². The van der Waals surface area contributed by atoms with Crippen molar-refractivity contribution in [1.29, 1.82) is 5.26 Å². The van der Waals surface area contributed by atoms with Crippen LogP contribution in [0.15, 0.2) is 35.4 Å². The minimum atomic E-state index is -3.87. The number of sulfonamides is 1. The summed E-state index contributed by atoms with van der Waals surface area (Å²) in [6, 6.07) is 7.35. The van der Waals surface area contributed by atoms with Crippen molar-refractivity contribution in [3.63, 3.8) is 0 Å². The Morgan fingerprint density at radius 2 is 2.00 bits per heavy atom. The zero-order valence-corrected chi connectivity index (χ0v) is 13.1. The molecule has 0 saturated carbocycles. The van der Waals surface area contributed by atoms with Gasteiger partial charge in [-0.15, -0.1) is 0 Å². The normalized spacial score (nSPS) is 11.0. The lowest BCUT2D eigenvalue weighted by molar-refractivity contribution is 0.601. The molecule has 0 radical (unpaired) electrons.